The molecular formula is C18H22N2. The van der Waals surface area contributed by atoms with Crippen molar-refractivity contribution in [2.45, 2.75) is 25.8 Å². The van der Waals surface area contributed by atoms with Crippen LogP contribution in [0.4, 0.5) is 0 Å². The molecule has 2 atom stereocenters. The largest absolute Gasteiger partial charge is 0.305 e. The fraction of sp³-hybridized carbons (Fsp3) is 0.389. The quantitative estimate of drug-likeness (QED) is 0.860. The molecule has 3 rings (SSSR count). The Morgan fingerprint density at radius 2 is 1.85 bits per heavy atom. The number of pyridine rings is 1. The van der Waals surface area contributed by atoms with Crippen LogP contribution in [0, 0.1) is 11.8 Å². The van der Waals surface area contributed by atoms with E-state index in [-0.39, 0.29) is 6.04 Å². The van der Waals surface area contributed by atoms with Crippen molar-refractivity contribution in [2.24, 2.45) is 11.8 Å². The minimum absolute atomic E-state index is 0.193. The minimum atomic E-state index is 0.193. The first-order chi connectivity index (χ1) is 9.84. The molecule has 1 aliphatic rings. The van der Waals surface area contributed by atoms with Crippen LogP contribution in [0.15, 0.2) is 54.7 Å². The first kappa shape index (κ1) is 13.3. The standard InChI is InChI=1S/C18H22N2/c1-14(15-10-11-15)13-20-18(16-7-3-2-4-8-16)17-9-5-6-12-19-17/h2-9,12,14-15,18,20H,10-11,13H2,1H3. The van der Waals surface area contributed by atoms with Crippen LogP contribution in [0.2, 0.25) is 0 Å². The second-order valence-corrected chi connectivity index (χ2v) is 5.82. The Balaban J connectivity index is 1.76. The molecule has 1 N–H and O–H groups in total. The third-order valence-electron chi connectivity index (χ3n) is 4.19. The van der Waals surface area contributed by atoms with E-state index in [0.29, 0.717) is 0 Å². The summed E-state index contributed by atoms with van der Waals surface area (Å²) in [5.74, 6) is 1.69. The number of aromatic nitrogens is 1. The summed E-state index contributed by atoms with van der Waals surface area (Å²) < 4.78 is 0. The van der Waals surface area contributed by atoms with Crippen molar-refractivity contribution < 1.29 is 0 Å². The summed E-state index contributed by atoms with van der Waals surface area (Å²) in [6.07, 6.45) is 4.68. The second-order valence-electron chi connectivity index (χ2n) is 5.82. The molecule has 0 radical (unpaired) electrons. The molecule has 1 aromatic heterocycles. The van der Waals surface area contributed by atoms with Gasteiger partial charge in [-0.1, -0.05) is 43.3 Å². The highest BCUT2D eigenvalue weighted by Gasteiger charge is 2.28. The highest BCUT2D eigenvalue weighted by Crippen LogP contribution is 2.36. The summed E-state index contributed by atoms with van der Waals surface area (Å²) in [4.78, 5) is 4.53. The molecule has 104 valence electrons. The summed E-state index contributed by atoms with van der Waals surface area (Å²) in [7, 11) is 0. The van der Waals surface area contributed by atoms with Crippen LogP contribution in [-0.4, -0.2) is 11.5 Å². The number of hydrogen-bond acceptors (Lipinski definition) is 2. The van der Waals surface area contributed by atoms with Crippen molar-refractivity contribution in [1.82, 2.24) is 10.3 Å². The van der Waals surface area contributed by atoms with Crippen molar-refractivity contribution >= 4 is 0 Å². The van der Waals surface area contributed by atoms with Gasteiger partial charge in [0.25, 0.3) is 0 Å². The van der Waals surface area contributed by atoms with Gasteiger partial charge in [-0.25, -0.2) is 0 Å². The molecule has 2 unspecified atom stereocenters. The van der Waals surface area contributed by atoms with Crippen molar-refractivity contribution in [3.63, 3.8) is 0 Å². The molecule has 2 heteroatoms. The molecule has 1 heterocycles. The average molecular weight is 266 g/mol. The monoisotopic (exact) mass is 266 g/mol. The molecule has 1 fully saturated rings. The minimum Gasteiger partial charge on any atom is -0.305 e. The van der Waals surface area contributed by atoms with Crippen molar-refractivity contribution in [1.29, 1.82) is 0 Å². The maximum absolute atomic E-state index is 4.53. The molecule has 0 bridgehead atoms. The molecule has 2 aromatic rings. The maximum Gasteiger partial charge on any atom is 0.0751 e. The second kappa shape index (κ2) is 6.19. The van der Waals surface area contributed by atoms with E-state index in [4.69, 9.17) is 0 Å². The van der Waals surface area contributed by atoms with Crippen LogP contribution in [-0.2, 0) is 0 Å². The molecule has 20 heavy (non-hydrogen) atoms. The van der Waals surface area contributed by atoms with E-state index in [9.17, 15) is 0 Å². The lowest BCUT2D eigenvalue weighted by atomic mass is 10.0. The topological polar surface area (TPSA) is 24.9 Å². The van der Waals surface area contributed by atoms with E-state index in [1.165, 1.54) is 18.4 Å². The van der Waals surface area contributed by atoms with Crippen LogP contribution in [0.3, 0.4) is 0 Å². The number of hydrogen-bond donors (Lipinski definition) is 1. The Bertz CT molecular complexity index is 480. The van der Waals surface area contributed by atoms with Gasteiger partial charge in [-0.2, -0.15) is 0 Å². The van der Waals surface area contributed by atoms with Gasteiger partial charge >= 0.3 is 0 Å². The van der Waals surface area contributed by atoms with Crippen molar-refractivity contribution in [2.75, 3.05) is 6.54 Å². The van der Waals surface area contributed by atoms with E-state index in [1.54, 1.807) is 0 Å². The highest BCUT2D eigenvalue weighted by molar-refractivity contribution is 5.27. The molecule has 1 saturated carbocycles. The van der Waals surface area contributed by atoms with E-state index in [0.717, 1.165) is 24.1 Å². The first-order valence-electron chi connectivity index (χ1n) is 7.54. The fourth-order valence-corrected chi connectivity index (χ4v) is 2.72. The summed E-state index contributed by atoms with van der Waals surface area (Å²) in [6.45, 7) is 3.41. The van der Waals surface area contributed by atoms with Crippen molar-refractivity contribution in [3.8, 4) is 0 Å². The fourth-order valence-electron chi connectivity index (χ4n) is 2.72. The van der Waals surface area contributed by atoms with Crippen LogP contribution in [0.1, 0.15) is 37.1 Å². The lowest BCUT2D eigenvalue weighted by Crippen LogP contribution is -2.28. The van der Waals surface area contributed by atoms with Gasteiger partial charge in [-0.05, 0) is 48.9 Å². The highest BCUT2D eigenvalue weighted by atomic mass is 14.9. The molecule has 0 saturated heterocycles. The predicted octanol–water partition coefficient (Wildman–Crippen LogP) is 3.81. The lowest BCUT2D eigenvalue weighted by Gasteiger charge is -2.21. The van der Waals surface area contributed by atoms with Gasteiger partial charge in [0.15, 0.2) is 0 Å². The van der Waals surface area contributed by atoms with E-state index in [1.807, 2.05) is 12.3 Å². The van der Waals surface area contributed by atoms with E-state index < -0.39 is 0 Å². The predicted molar refractivity (Wildman–Crippen MR) is 82.4 cm³/mol. The molecule has 0 spiro atoms. The maximum atomic E-state index is 4.53. The zero-order chi connectivity index (χ0) is 13.8. The Morgan fingerprint density at radius 1 is 1.10 bits per heavy atom. The smallest absolute Gasteiger partial charge is 0.0751 e. The van der Waals surface area contributed by atoms with Gasteiger partial charge in [0.1, 0.15) is 0 Å². The third kappa shape index (κ3) is 3.26. The SMILES string of the molecule is CC(CNC(c1ccccc1)c1ccccn1)C1CC1. The van der Waals surface area contributed by atoms with Crippen LogP contribution >= 0.6 is 0 Å². The number of benzene rings is 1. The van der Waals surface area contributed by atoms with Gasteiger partial charge in [0.05, 0.1) is 11.7 Å². The summed E-state index contributed by atoms with van der Waals surface area (Å²) in [5, 5.41) is 3.71. The van der Waals surface area contributed by atoms with Gasteiger partial charge in [0, 0.05) is 6.20 Å². The summed E-state index contributed by atoms with van der Waals surface area (Å²) in [5.41, 5.74) is 2.39. The third-order valence-corrected chi connectivity index (χ3v) is 4.19. The zero-order valence-corrected chi connectivity index (χ0v) is 12.0. The van der Waals surface area contributed by atoms with E-state index >= 15 is 0 Å². The molecule has 2 nitrogen and oxygen atoms in total. The zero-order valence-electron chi connectivity index (χ0n) is 12.0. The van der Waals surface area contributed by atoms with Crippen LogP contribution < -0.4 is 5.32 Å². The van der Waals surface area contributed by atoms with E-state index in [2.05, 4.69) is 59.7 Å². The Labute approximate surface area is 121 Å². The Morgan fingerprint density at radius 3 is 2.50 bits per heavy atom. The lowest BCUT2D eigenvalue weighted by molar-refractivity contribution is 0.438. The Kier molecular flexibility index (Phi) is 4.12. The number of nitrogens with one attached hydrogen (secondary N) is 1. The summed E-state index contributed by atoms with van der Waals surface area (Å²) in [6, 6.07) is 16.9. The summed E-state index contributed by atoms with van der Waals surface area (Å²) >= 11 is 0. The van der Waals surface area contributed by atoms with Gasteiger partial charge < -0.3 is 5.32 Å². The molecule has 1 aliphatic carbocycles. The molecule has 0 amide bonds. The first-order valence-corrected chi connectivity index (χ1v) is 7.54. The molecular weight excluding hydrogens is 244 g/mol. The Hall–Kier alpha value is -1.67. The van der Waals surface area contributed by atoms with Gasteiger partial charge in [-0.15, -0.1) is 0 Å². The van der Waals surface area contributed by atoms with Crippen molar-refractivity contribution in [3.05, 3.63) is 66.0 Å². The molecule has 0 aliphatic heterocycles. The number of nitrogens with zero attached hydrogens (tertiary/aromatic N) is 1. The number of rotatable bonds is 6. The average Bonchev–Trinajstić information content (AvgIpc) is 3.34. The van der Waals surface area contributed by atoms with Crippen LogP contribution in [0.25, 0.3) is 0 Å². The van der Waals surface area contributed by atoms with Gasteiger partial charge in [-0.3, -0.25) is 4.98 Å². The van der Waals surface area contributed by atoms with Gasteiger partial charge in [0.2, 0.25) is 0 Å². The molecule has 1 aromatic carbocycles. The normalized spacial score (nSPS) is 17.6. The van der Waals surface area contributed by atoms with Crippen LogP contribution in [0.5, 0.6) is 0 Å².